The second-order valence-electron chi connectivity index (χ2n) is 5.62. The number of hydrogen-bond donors (Lipinski definition) is 2. The van der Waals surface area contributed by atoms with Gasteiger partial charge in [-0.3, -0.25) is 4.79 Å². The zero-order valence-corrected chi connectivity index (χ0v) is 15.0. The Balaban J connectivity index is 2.60. The molecule has 0 atom stereocenters. The van der Waals surface area contributed by atoms with Gasteiger partial charge < -0.3 is 11.5 Å². The number of nitrogens with two attached hydrogens (primary N) is 2. The van der Waals surface area contributed by atoms with Crippen LogP contribution in [-0.4, -0.2) is 11.9 Å². The lowest BCUT2D eigenvalue weighted by molar-refractivity contribution is -0.139. The van der Waals surface area contributed by atoms with Crippen molar-refractivity contribution < 1.29 is 18.0 Å². The third-order valence-corrected chi connectivity index (χ3v) is 4.62. The second kappa shape index (κ2) is 7.82. The SMILES string of the molecule is CCc1cc(Sc2cccc(C)c2)c(C(F)(F)F)cc1C(=O)N=C(N)N. The Morgan fingerprint density at radius 2 is 1.88 bits per heavy atom. The number of guanidine groups is 1. The van der Waals surface area contributed by atoms with Gasteiger partial charge >= 0.3 is 6.18 Å². The Kier molecular flexibility index (Phi) is 5.97. The van der Waals surface area contributed by atoms with E-state index in [4.69, 9.17) is 11.5 Å². The topological polar surface area (TPSA) is 81.5 Å². The number of aryl methyl sites for hydroxylation is 2. The fourth-order valence-corrected chi connectivity index (χ4v) is 3.53. The summed E-state index contributed by atoms with van der Waals surface area (Å²) in [5.41, 5.74) is 10.7. The third-order valence-electron chi connectivity index (χ3n) is 3.57. The molecule has 0 bridgehead atoms. The van der Waals surface area contributed by atoms with E-state index in [0.29, 0.717) is 16.9 Å². The highest BCUT2D eigenvalue weighted by Crippen LogP contribution is 2.41. The molecule has 0 saturated heterocycles. The van der Waals surface area contributed by atoms with Crippen LogP contribution in [0.2, 0.25) is 0 Å². The fraction of sp³-hybridized carbons (Fsp3) is 0.222. The normalized spacial score (nSPS) is 11.3. The van der Waals surface area contributed by atoms with Crippen LogP contribution < -0.4 is 11.5 Å². The number of aliphatic imine (C=N–C) groups is 1. The van der Waals surface area contributed by atoms with Gasteiger partial charge in [0.2, 0.25) is 0 Å². The van der Waals surface area contributed by atoms with E-state index in [-0.39, 0.29) is 10.5 Å². The van der Waals surface area contributed by atoms with Crippen molar-refractivity contribution in [2.24, 2.45) is 16.5 Å². The highest BCUT2D eigenvalue weighted by Gasteiger charge is 2.35. The van der Waals surface area contributed by atoms with Crippen molar-refractivity contribution in [2.45, 2.75) is 36.2 Å². The molecule has 0 fully saturated rings. The van der Waals surface area contributed by atoms with Crippen LogP contribution in [0.5, 0.6) is 0 Å². The summed E-state index contributed by atoms with van der Waals surface area (Å²) in [6.45, 7) is 3.61. The Morgan fingerprint density at radius 1 is 1.19 bits per heavy atom. The summed E-state index contributed by atoms with van der Waals surface area (Å²) in [6, 6.07) is 9.39. The van der Waals surface area contributed by atoms with E-state index in [0.717, 1.165) is 23.4 Å². The van der Waals surface area contributed by atoms with Crippen LogP contribution in [0, 0.1) is 6.92 Å². The Hall–Kier alpha value is -2.48. The fourth-order valence-electron chi connectivity index (χ4n) is 2.40. The van der Waals surface area contributed by atoms with Crippen molar-refractivity contribution >= 4 is 23.6 Å². The van der Waals surface area contributed by atoms with Crippen LogP contribution in [0.4, 0.5) is 13.2 Å². The molecule has 4 nitrogen and oxygen atoms in total. The predicted octanol–water partition coefficient (Wildman–Crippen LogP) is 4.14. The van der Waals surface area contributed by atoms with Crippen molar-refractivity contribution in [3.05, 3.63) is 58.7 Å². The van der Waals surface area contributed by atoms with Gasteiger partial charge in [-0.25, -0.2) is 0 Å². The molecule has 2 aromatic carbocycles. The zero-order chi connectivity index (χ0) is 19.5. The molecular weight excluding hydrogens is 363 g/mol. The van der Waals surface area contributed by atoms with Crippen molar-refractivity contribution in [3.63, 3.8) is 0 Å². The number of hydrogen-bond acceptors (Lipinski definition) is 2. The molecular formula is C18H18F3N3OS. The molecule has 0 heterocycles. The first-order valence-corrected chi connectivity index (χ1v) is 8.56. The molecule has 1 amide bonds. The van der Waals surface area contributed by atoms with Gasteiger partial charge in [0.25, 0.3) is 5.91 Å². The second-order valence-corrected chi connectivity index (χ2v) is 6.73. The number of alkyl halides is 3. The van der Waals surface area contributed by atoms with E-state index < -0.39 is 23.6 Å². The minimum Gasteiger partial charge on any atom is -0.370 e. The first-order chi connectivity index (χ1) is 12.1. The summed E-state index contributed by atoms with van der Waals surface area (Å²) in [5, 5.41) is 0. The van der Waals surface area contributed by atoms with E-state index in [1.165, 1.54) is 6.07 Å². The monoisotopic (exact) mass is 381 g/mol. The maximum atomic E-state index is 13.6. The minimum absolute atomic E-state index is 0.0289. The number of carbonyl (C=O) groups excluding carboxylic acids is 1. The smallest absolute Gasteiger partial charge is 0.370 e. The van der Waals surface area contributed by atoms with Crippen molar-refractivity contribution in [1.29, 1.82) is 0 Å². The quantitative estimate of drug-likeness (QED) is 0.616. The lowest BCUT2D eigenvalue weighted by Gasteiger charge is -2.16. The Morgan fingerprint density at radius 3 is 2.42 bits per heavy atom. The zero-order valence-electron chi connectivity index (χ0n) is 14.2. The lowest BCUT2D eigenvalue weighted by Crippen LogP contribution is -2.24. The van der Waals surface area contributed by atoms with Crippen molar-refractivity contribution in [2.75, 3.05) is 0 Å². The molecule has 0 radical (unpaired) electrons. The molecule has 8 heteroatoms. The van der Waals surface area contributed by atoms with Gasteiger partial charge in [0.1, 0.15) is 0 Å². The summed E-state index contributed by atoms with van der Waals surface area (Å²) in [4.78, 5) is 16.2. The lowest BCUT2D eigenvalue weighted by atomic mass is 10.0. The van der Waals surface area contributed by atoms with Gasteiger partial charge in [-0.15, -0.1) is 0 Å². The van der Waals surface area contributed by atoms with Crippen LogP contribution in [-0.2, 0) is 12.6 Å². The predicted molar refractivity (Wildman–Crippen MR) is 96.3 cm³/mol. The summed E-state index contributed by atoms with van der Waals surface area (Å²) < 4.78 is 40.7. The summed E-state index contributed by atoms with van der Waals surface area (Å²) in [5.74, 6) is -1.39. The number of carbonyl (C=O) groups is 1. The average Bonchev–Trinajstić information content (AvgIpc) is 2.52. The minimum atomic E-state index is -4.62. The summed E-state index contributed by atoms with van der Waals surface area (Å²) in [6.07, 6.45) is -4.26. The molecule has 0 aromatic heterocycles. The molecule has 138 valence electrons. The molecule has 0 aliphatic heterocycles. The highest BCUT2D eigenvalue weighted by atomic mass is 32.2. The van der Waals surface area contributed by atoms with E-state index in [1.54, 1.807) is 25.1 Å². The van der Waals surface area contributed by atoms with Crippen molar-refractivity contribution in [1.82, 2.24) is 0 Å². The maximum absolute atomic E-state index is 13.6. The molecule has 0 saturated carbocycles. The van der Waals surface area contributed by atoms with E-state index >= 15 is 0 Å². The highest BCUT2D eigenvalue weighted by molar-refractivity contribution is 7.99. The largest absolute Gasteiger partial charge is 0.417 e. The van der Waals surface area contributed by atoms with Crippen molar-refractivity contribution in [3.8, 4) is 0 Å². The molecule has 2 rings (SSSR count). The van der Waals surface area contributed by atoms with Gasteiger partial charge in [-0.2, -0.15) is 18.2 Å². The van der Waals surface area contributed by atoms with Crippen LogP contribution in [0.3, 0.4) is 0 Å². The standard InChI is InChI=1S/C18H18F3N3OS/c1-3-11-8-15(26-12-6-4-5-10(2)7-12)14(18(19,20)21)9-13(11)16(25)24-17(22)23/h4-9H,3H2,1-2H3,(H4,22,23,24,25). The van der Waals surface area contributed by atoms with Gasteiger partial charge in [0.15, 0.2) is 5.96 Å². The van der Waals surface area contributed by atoms with Crippen LogP contribution in [0.1, 0.15) is 34.0 Å². The number of amides is 1. The number of benzene rings is 2. The maximum Gasteiger partial charge on any atom is 0.417 e. The number of halogens is 3. The molecule has 26 heavy (non-hydrogen) atoms. The third kappa shape index (κ3) is 4.78. The number of nitrogens with zero attached hydrogens (tertiary/aromatic N) is 1. The molecule has 4 N–H and O–H groups in total. The first kappa shape index (κ1) is 19.8. The van der Waals surface area contributed by atoms with E-state index in [9.17, 15) is 18.0 Å². The molecule has 0 aliphatic rings. The molecule has 0 spiro atoms. The first-order valence-electron chi connectivity index (χ1n) is 7.74. The van der Waals surface area contributed by atoms with Crippen LogP contribution in [0.25, 0.3) is 0 Å². The summed E-state index contributed by atoms with van der Waals surface area (Å²) in [7, 11) is 0. The van der Waals surface area contributed by atoms with E-state index in [1.807, 2.05) is 13.0 Å². The van der Waals surface area contributed by atoms with Gasteiger partial charge in [0.05, 0.1) is 5.56 Å². The van der Waals surface area contributed by atoms with Gasteiger partial charge in [-0.1, -0.05) is 36.4 Å². The summed E-state index contributed by atoms with van der Waals surface area (Å²) >= 11 is 1.00. The average molecular weight is 381 g/mol. The van der Waals surface area contributed by atoms with E-state index in [2.05, 4.69) is 4.99 Å². The Bertz CT molecular complexity index is 859. The van der Waals surface area contributed by atoms with Crippen LogP contribution in [0.15, 0.2) is 51.2 Å². The molecule has 0 unspecified atom stereocenters. The van der Waals surface area contributed by atoms with Crippen LogP contribution >= 0.6 is 11.8 Å². The Labute approximate surface area is 153 Å². The number of rotatable bonds is 4. The molecule has 0 aliphatic carbocycles. The van der Waals surface area contributed by atoms with Gasteiger partial charge in [0, 0.05) is 15.4 Å². The van der Waals surface area contributed by atoms with Gasteiger partial charge in [-0.05, 0) is 43.2 Å². The molecule has 2 aromatic rings.